The van der Waals surface area contributed by atoms with Crippen LogP contribution in [0.4, 0.5) is 0 Å². The number of nitrogens with zero attached hydrogens (tertiary/aromatic N) is 1. The third-order valence-electron chi connectivity index (χ3n) is 4.77. The average Bonchev–Trinajstić information content (AvgIpc) is 2.62. The number of nitrogens with one attached hydrogen (secondary N) is 1. The van der Waals surface area contributed by atoms with Crippen molar-refractivity contribution in [1.82, 2.24) is 10.2 Å². The lowest BCUT2D eigenvalue weighted by Gasteiger charge is -2.18. The van der Waals surface area contributed by atoms with Gasteiger partial charge in [0.05, 0.1) is 5.56 Å². The number of aromatic hydroxyl groups is 1. The van der Waals surface area contributed by atoms with Crippen LogP contribution in [0.3, 0.4) is 0 Å². The van der Waals surface area contributed by atoms with Crippen molar-refractivity contribution in [2.45, 2.75) is 65.7 Å². The van der Waals surface area contributed by atoms with Crippen LogP contribution in [0.5, 0.6) is 5.75 Å². The SMILES string of the molecule is CCCCCCCCc1cccc(C(=O)NCCN(CC)CC)c1O.Cl. The van der Waals surface area contributed by atoms with E-state index in [1.165, 1.54) is 32.1 Å². The van der Waals surface area contributed by atoms with Gasteiger partial charge in [-0.05, 0) is 37.6 Å². The molecule has 1 amide bonds. The Bertz CT molecular complexity index is 505. The smallest absolute Gasteiger partial charge is 0.255 e. The molecule has 0 aliphatic heterocycles. The predicted octanol–water partition coefficient (Wildman–Crippen LogP) is 4.79. The largest absolute Gasteiger partial charge is 0.507 e. The van der Waals surface area contributed by atoms with Gasteiger partial charge in [-0.25, -0.2) is 0 Å². The number of hydrogen-bond donors (Lipinski definition) is 2. The van der Waals surface area contributed by atoms with Gasteiger partial charge in [-0.3, -0.25) is 4.79 Å². The molecule has 0 saturated carbocycles. The molecule has 0 spiro atoms. The van der Waals surface area contributed by atoms with E-state index in [1.54, 1.807) is 6.07 Å². The summed E-state index contributed by atoms with van der Waals surface area (Å²) in [6.45, 7) is 9.83. The molecule has 0 aliphatic rings. The van der Waals surface area contributed by atoms with Crippen LogP contribution in [0.15, 0.2) is 18.2 Å². The highest BCUT2D eigenvalue weighted by Gasteiger charge is 2.14. The predicted molar refractivity (Wildman–Crippen MR) is 113 cm³/mol. The van der Waals surface area contributed by atoms with E-state index in [2.05, 4.69) is 31.0 Å². The third kappa shape index (κ3) is 8.91. The summed E-state index contributed by atoms with van der Waals surface area (Å²) in [7, 11) is 0. The van der Waals surface area contributed by atoms with E-state index >= 15 is 0 Å². The second-order valence-electron chi connectivity index (χ2n) is 6.61. The molecule has 1 aromatic carbocycles. The number of benzene rings is 1. The fraction of sp³-hybridized carbons (Fsp3) is 0.667. The summed E-state index contributed by atoms with van der Waals surface area (Å²) in [5.41, 5.74) is 1.27. The highest BCUT2D eigenvalue weighted by atomic mass is 35.5. The number of halogens is 1. The molecule has 0 aromatic heterocycles. The van der Waals surface area contributed by atoms with E-state index in [0.29, 0.717) is 12.1 Å². The minimum absolute atomic E-state index is 0. The summed E-state index contributed by atoms with van der Waals surface area (Å²) in [6.07, 6.45) is 8.17. The molecule has 0 unspecified atom stereocenters. The number of likely N-dealkylation sites (N-methyl/N-ethyl adjacent to an activating group) is 1. The molecule has 1 aromatic rings. The fourth-order valence-electron chi connectivity index (χ4n) is 3.03. The number of phenolic OH excluding ortho intramolecular Hbond substituents is 1. The van der Waals surface area contributed by atoms with Crippen molar-refractivity contribution < 1.29 is 9.90 Å². The van der Waals surface area contributed by atoms with Crippen LogP contribution in [-0.2, 0) is 6.42 Å². The maximum Gasteiger partial charge on any atom is 0.255 e. The normalized spacial score (nSPS) is 10.6. The quantitative estimate of drug-likeness (QED) is 0.481. The molecular formula is C21H37ClN2O2. The molecule has 5 heteroatoms. The van der Waals surface area contributed by atoms with Gasteiger partial charge in [0.2, 0.25) is 0 Å². The first-order chi connectivity index (χ1) is 12.1. The van der Waals surface area contributed by atoms with Crippen LogP contribution in [0.1, 0.15) is 75.2 Å². The number of phenols is 1. The summed E-state index contributed by atoms with van der Waals surface area (Å²) in [4.78, 5) is 14.6. The minimum Gasteiger partial charge on any atom is -0.507 e. The standard InChI is InChI=1S/C21H36N2O2.ClH/c1-4-7-8-9-10-11-13-18-14-12-15-19(20(18)24)21(25)22-16-17-23(5-2)6-3;/h12,14-15,24H,4-11,13,16-17H2,1-3H3,(H,22,25);1H. The lowest BCUT2D eigenvalue weighted by atomic mass is 10.0. The lowest BCUT2D eigenvalue weighted by Crippen LogP contribution is -2.34. The van der Waals surface area contributed by atoms with Gasteiger partial charge in [-0.15, -0.1) is 12.4 Å². The second kappa shape index (κ2) is 14.9. The Morgan fingerprint density at radius 2 is 1.69 bits per heavy atom. The average molecular weight is 385 g/mol. The highest BCUT2D eigenvalue weighted by Crippen LogP contribution is 2.24. The second-order valence-corrected chi connectivity index (χ2v) is 6.61. The number of carbonyl (C=O) groups is 1. The molecule has 1 rings (SSSR count). The maximum absolute atomic E-state index is 12.3. The first-order valence-corrected chi connectivity index (χ1v) is 9.95. The molecule has 26 heavy (non-hydrogen) atoms. The number of hydrogen-bond acceptors (Lipinski definition) is 3. The van der Waals surface area contributed by atoms with Crippen LogP contribution >= 0.6 is 12.4 Å². The van der Waals surface area contributed by atoms with E-state index in [4.69, 9.17) is 0 Å². The van der Waals surface area contributed by atoms with Crippen LogP contribution in [0.25, 0.3) is 0 Å². The first kappa shape index (κ1) is 24.7. The Morgan fingerprint density at radius 3 is 2.35 bits per heavy atom. The lowest BCUT2D eigenvalue weighted by molar-refractivity contribution is 0.0946. The zero-order valence-electron chi connectivity index (χ0n) is 16.7. The molecule has 0 heterocycles. The third-order valence-corrected chi connectivity index (χ3v) is 4.77. The highest BCUT2D eigenvalue weighted by molar-refractivity contribution is 5.97. The molecule has 150 valence electrons. The fourth-order valence-corrected chi connectivity index (χ4v) is 3.03. The van der Waals surface area contributed by atoms with Crippen LogP contribution in [-0.4, -0.2) is 42.1 Å². The van der Waals surface area contributed by atoms with E-state index in [1.807, 2.05) is 12.1 Å². The first-order valence-electron chi connectivity index (χ1n) is 9.95. The van der Waals surface area contributed by atoms with Gasteiger partial charge in [-0.2, -0.15) is 0 Å². The van der Waals surface area contributed by atoms with E-state index < -0.39 is 0 Å². The van der Waals surface area contributed by atoms with Crippen molar-refractivity contribution in [2.75, 3.05) is 26.2 Å². The van der Waals surface area contributed by atoms with Gasteiger partial charge in [-0.1, -0.05) is 65.0 Å². The van der Waals surface area contributed by atoms with Crippen molar-refractivity contribution in [2.24, 2.45) is 0 Å². The molecule has 2 N–H and O–H groups in total. The zero-order chi connectivity index (χ0) is 18.5. The summed E-state index contributed by atoms with van der Waals surface area (Å²) in [5.74, 6) is -0.0363. The monoisotopic (exact) mass is 384 g/mol. The van der Waals surface area contributed by atoms with Crippen LogP contribution in [0.2, 0.25) is 0 Å². The summed E-state index contributed by atoms with van der Waals surface area (Å²) >= 11 is 0. The number of para-hydroxylation sites is 1. The number of aryl methyl sites for hydroxylation is 1. The van der Waals surface area contributed by atoms with E-state index in [9.17, 15) is 9.90 Å². The molecule has 0 saturated heterocycles. The van der Waals surface area contributed by atoms with Gasteiger partial charge in [0.25, 0.3) is 5.91 Å². The Morgan fingerprint density at radius 1 is 1.04 bits per heavy atom. The number of rotatable bonds is 13. The molecule has 4 nitrogen and oxygen atoms in total. The van der Waals surface area contributed by atoms with Crippen molar-refractivity contribution in [3.8, 4) is 5.75 Å². The number of unbranched alkanes of at least 4 members (excludes halogenated alkanes) is 5. The maximum atomic E-state index is 12.3. The number of carbonyl (C=O) groups excluding carboxylic acids is 1. The van der Waals surface area contributed by atoms with Crippen molar-refractivity contribution in [3.63, 3.8) is 0 Å². The van der Waals surface area contributed by atoms with Gasteiger partial charge >= 0.3 is 0 Å². The molecule has 0 radical (unpaired) electrons. The van der Waals surface area contributed by atoms with E-state index in [0.717, 1.165) is 38.0 Å². The zero-order valence-corrected chi connectivity index (χ0v) is 17.5. The van der Waals surface area contributed by atoms with Gasteiger partial charge in [0.1, 0.15) is 5.75 Å². The summed E-state index contributed by atoms with van der Waals surface area (Å²) in [5, 5.41) is 13.3. The number of amides is 1. The summed E-state index contributed by atoms with van der Waals surface area (Å²) < 4.78 is 0. The molecule has 0 aliphatic carbocycles. The van der Waals surface area contributed by atoms with Crippen molar-refractivity contribution in [1.29, 1.82) is 0 Å². The van der Waals surface area contributed by atoms with E-state index in [-0.39, 0.29) is 24.1 Å². The van der Waals surface area contributed by atoms with Crippen molar-refractivity contribution >= 4 is 18.3 Å². The van der Waals surface area contributed by atoms with Crippen LogP contribution in [0, 0.1) is 0 Å². The Balaban J connectivity index is 0.00000625. The molecular weight excluding hydrogens is 348 g/mol. The topological polar surface area (TPSA) is 52.6 Å². The van der Waals surface area contributed by atoms with Gasteiger partial charge in [0.15, 0.2) is 0 Å². The Labute approximate surface area is 165 Å². The molecule has 0 bridgehead atoms. The summed E-state index contributed by atoms with van der Waals surface area (Å²) in [6, 6.07) is 5.49. The minimum atomic E-state index is -0.186. The van der Waals surface area contributed by atoms with Crippen LogP contribution < -0.4 is 5.32 Å². The van der Waals surface area contributed by atoms with Gasteiger partial charge < -0.3 is 15.3 Å². The van der Waals surface area contributed by atoms with Gasteiger partial charge in [0, 0.05) is 13.1 Å². The Kier molecular flexibility index (Phi) is 14.1. The van der Waals surface area contributed by atoms with Crippen molar-refractivity contribution in [3.05, 3.63) is 29.3 Å². The Hall–Kier alpha value is -1.26. The molecule has 0 fully saturated rings. The molecule has 0 atom stereocenters.